The van der Waals surface area contributed by atoms with Crippen LogP contribution in [0.1, 0.15) is 18.6 Å². The van der Waals surface area contributed by atoms with E-state index in [1.54, 1.807) is 13.0 Å². The minimum Gasteiger partial charge on any atom is -0.360 e. The van der Waals surface area contributed by atoms with E-state index < -0.39 is 22.2 Å². The Labute approximate surface area is 111 Å². The Bertz CT molecular complexity index is 568. The maximum atomic E-state index is 12.1. The fourth-order valence-electron chi connectivity index (χ4n) is 2.04. The van der Waals surface area contributed by atoms with Crippen molar-refractivity contribution in [2.24, 2.45) is 0 Å². The first-order valence-electron chi connectivity index (χ1n) is 5.88. The van der Waals surface area contributed by atoms with Crippen LogP contribution >= 0.6 is 0 Å². The molecule has 8 nitrogen and oxygen atoms in total. The van der Waals surface area contributed by atoms with Crippen molar-refractivity contribution in [3.05, 3.63) is 11.8 Å². The van der Waals surface area contributed by atoms with E-state index in [0.29, 0.717) is 25.1 Å². The molecule has 2 rings (SSSR count). The summed E-state index contributed by atoms with van der Waals surface area (Å²) in [5.74, 6) is 0.460. The fourth-order valence-corrected chi connectivity index (χ4v) is 3.18. The third kappa shape index (κ3) is 2.94. The van der Waals surface area contributed by atoms with Crippen LogP contribution in [0.15, 0.2) is 10.6 Å². The zero-order valence-electron chi connectivity index (χ0n) is 10.7. The third-order valence-electron chi connectivity index (χ3n) is 2.95. The van der Waals surface area contributed by atoms with Gasteiger partial charge in [-0.05, 0) is 19.8 Å². The van der Waals surface area contributed by atoms with Crippen LogP contribution in [0, 0.1) is 6.92 Å². The average Bonchev–Trinajstić information content (AvgIpc) is 2.98. The van der Waals surface area contributed by atoms with Crippen LogP contribution in [-0.4, -0.2) is 43.4 Å². The summed E-state index contributed by atoms with van der Waals surface area (Å²) in [6, 6.07) is 0.860. The minimum atomic E-state index is -3.60. The van der Waals surface area contributed by atoms with Crippen LogP contribution in [0.25, 0.3) is 0 Å². The first-order chi connectivity index (χ1) is 8.94. The Morgan fingerprint density at radius 2 is 2.32 bits per heavy atom. The Balaban J connectivity index is 2.10. The van der Waals surface area contributed by atoms with Crippen LogP contribution in [0.4, 0.5) is 5.82 Å². The molecule has 1 aromatic rings. The number of rotatable bonds is 4. The highest BCUT2D eigenvalue weighted by atomic mass is 32.2. The molecule has 2 heterocycles. The van der Waals surface area contributed by atoms with Crippen LogP contribution < -0.4 is 10.0 Å². The summed E-state index contributed by atoms with van der Waals surface area (Å²) in [6.07, 6.45) is 1.14. The van der Waals surface area contributed by atoms with Crippen LogP contribution in [0.5, 0.6) is 0 Å². The summed E-state index contributed by atoms with van der Waals surface area (Å²) in [7, 11) is -2.28. The molecule has 1 unspecified atom stereocenters. The molecule has 1 aliphatic heterocycles. The van der Waals surface area contributed by atoms with E-state index in [-0.39, 0.29) is 5.82 Å². The normalized spacial score (nSPS) is 20.6. The third-order valence-corrected chi connectivity index (χ3v) is 4.52. The number of aryl methyl sites for hydroxylation is 1. The van der Waals surface area contributed by atoms with Gasteiger partial charge in [0.1, 0.15) is 11.8 Å². The van der Waals surface area contributed by atoms with Crippen LogP contribution in [-0.2, 0) is 15.0 Å². The summed E-state index contributed by atoms with van der Waals surface area (Å²) in [6.45, 7) is 2.04. The topological polar surface area (TPSA) is 105 Å². The molecule has 1 saturated heterocycles. The molecule has 0 aliphatic carbocycles. The molecule has 0 bridgehead atoms. The Morgan fingerprint density at radius 3 is 2.89 bits per heavy atom. The number of nitrogens with zero attached hydrogens (tertiary/aromatic N) is 2. The van der Waals surface area contributed by atoms with Gasteiger partial charge in [0.05, 0.1) is 0 Å². The van der Waals surface area contributed by atoms with Crippen molar-refractivity contribution in [1.29, 1.82) is 0 Å². The molecule has 9 heteroatoms. The summed E-state index contributed by atoms with van der Waals surface area (Å²) in [5.41, 5.74) is 0. The highest BCUT2D eigenvalue weighted by molar-refractivity contribution is 7.87. The van der Waals surface area contributed by atoms with Gasteiger partial charge in [-0.1, -0.05) is 5.16 Å². The zero-order chi connectivity index (χ0) is 14.0. The van der Waals surface area contributed by atoms with Crippen molar-refractivity contribution in [3.8, 4) is 0 Å². The summed E-state index contributed by atoms with van der Waals surface area (Å²) < 4.78 is 31.8. The van der Waals surface area contributed by atoms with Gasteiger partial charge < -0.3 is 9.84 Å². The van der Waals surface area contributed by atoms with Gasteiger partial charge in [0.2, 0.25) is 5.91 Å². The Hall–Kier alpha value is -1.45. The van der Waals surface area contributed by atoms with Crippen molar-refractivity contribution >= 4 is 21.9 Å². The monoisotopic (exact) mass is 288 g/mol. The van der Waals surface area contributed by atoms with Crippen LogP contribution in [0.2, 0.25) is 0 Å². The second-order valence-electron chi connectivity index (χ2n) is 4.29. The molecule has 1 fully saturated rings. The molecule has 0 aromatic carbocycles. The number of hydrogen-bond acceptors (Lipinski definition) is 5. The lowest BCUT2D eigenvalue weighted by molar-refractivity contribution is -0.119. The molecule has 1 aromatic heterocycles. The zero-order valence-corrected chi connectivity index (χ0v) is 11.5. The molecule has 0 saturated carbocycles. The molecule has 2 N–H and O–H groups in total. The number of nitrogens with one attached hydrogen (secondary N) is 2. The predicted octanol–water partition coefficient (Wildman–Crippen LogP) is -0.150. The molecule has 106 valence electrons. The lowest BCUT2D eigenvalue weighted by atomic mass is 10.2. The molecule has 1 aliphatic rings. The van der Waals surface area contributed by atoms with E-state index in [0.717, 1.165) is 4.31 Å². The summed E-state index contributed by atoms with van der Waals surface area (Å²) in [5, 5.41) is 6.20. The highest BCUT2D eigenvalue weighted by Gasteiger charge is 2.38. The molecule has 0 radical (unpaired) electrons. The van der Waals surface area contributed by atoms with E-state index in [2.05, 4.69) is 15.2 Å². The van der Waals surface area contributed by atoms with Gasteiger partial charge >= 0.3 is 0 Å². The molecule has 19 heavy (non-hydrogen) atoms. The number of carbonyl (C=O) groups is 1. The summed E-state index contributed by atoms with van der Waals surface area (Å²) in [4.78, 5) is 12.1. The largest absolute Gasteiger partial charge is 0.360 e. The van der Waals surface area contributed by atoms with Crippen LogP contribution in [0.3, 0.4) is 0 Å². The number of amides is 1. The lowest BCUT2D eigenvalue weighted by Crippen LogP contribution is -2.47. The number of carbonyl (C=O) groups excluding carboxylic acids is 1. The highest BCUT2D eigenvalue weighted by Crippen LogP contribution is 2.21. The summed E-state index contributed by atoms with van der Waals surface area (Å²) >= 11 is 0. The average molecular weight is 288 g/mol. The van der Waals surface area contributed by atoms with E-state index in [9.17, 15) is 13.2 Å². The molecule has 1 atom stereocenters. The van der Waals surface area contributed by atoms with Gasteiger partial charge in [0.15, 0.2) is 5.82 Å². The molecular formula is C10H16N4O4S. The Kier molecular flexibility index (Phi) is 3.88. The first kappa shape index (κ1) is 14.0. The van der Waals surface area contributed by atoms with Gasteiger partial charge in [-0.2, -0.15) is 12.7 Å². The van der Waals surface area contributed by atoms with E-state index in [1.165, 1.54) is 7.05 Å². The fraction of sp³-hybridized carbons (Fsp3) is 0.600. The smallest absolute Gasteiger partial charge is 0.279 e. The van der Waals surface area contributed by atoms with Gasteiger partial charge in [-0.25, -0.2) is 4.72 Å². The number of aromatic nitrogens is 1. The standard InChI is InChI=1S/C10H16N4O4S/c1-7-6-9(13-18-7)12-10(15)8-4-3-5-14(8)19(16,17)11-2/h6,8,11H,3-5H2,1-2H3,(H,12,13,15). The van der Waals surface area contributed by atoms with Crippen molar-refractivity contribution in [2.45, 2.75) is 25.8 Å². The van der Waals surface area contributed by atoms with E-state index >= 15 is 0 Å². The molecule has 0 spiro atoms. The number of hydrogen-bond donors (Lipinski definition) is 2. The minimum absolute atomic E-state index is 0.288. The maximum absolute atomic E-state index is 12.1. The SMILES string of the molecule is CNS(=O)(=O)N1CCCC1C(=O)Nc1cc(C)on1. The molecule has 1 amide bonds. The van der Waals surface area contributed by atoms with Crippen molar-refractivity contribution < 1.29 is 17.7 Å². The van der Waals surface area contributed by atoms with Gasteiger partial charge in [0, 0.05) is 19.7 Å². The maximum Gasteiger partial charge on any atom is 0.279 e. The second kappa shape index (κ2) is 5.27. The predicted molar refractivity (Wildman–Crippen MR) is 67.6 cm³/mol. The quantitative estimate of drug-likeness (QED) is 0.801. The second-order valence-corrected chi connectivity index (χ2v) is 6.12. The van der Waals surface area contributed by atoms with Gasteiger partial charge in [0.25, 0.3) is 10.2 Å². The van der Waals surface area contributed by atoms with Crippen molar-refractivity contribution in [3.63, 3.8) is 0 Å². The van der Waals surface area contributed by atoms with Crippen molar-refractivity contribution in [2.75, 3.05) is 18.9 Å². The van der Waals surface area contributed by atoms with E-state index in [1.807, 2.05) is 0 Å². The first-order valence-corrected chi connectivity index (χ1v) is 7.32. The lowest BCUT2D eigenvalue weighted by Gasteiger charge is -2.21. The van der Waals surface area contributed by atoms with Gasteiger partial charge in [-0.3, -0.25) is 4.79 Å². The van der Waals surface area contributed by atoms with Gasteiger partial charge in [-0.15, -0.1) is 0 Å². The molecular weight excluding hydrogens is 272 g/mol. The van der Waals surface area contributed by atoms with Crippen molar-refractivity contribution in [1.82, 2.24) is 14.2 Å². The Morgan fingerprint density at radius 1 is 1.58 bits per heavy atom. The van der Waals surface area contributed by atoms with E-state index in [4.69, 9.17) is 4.52 Å². The number of anilines is 1.